The minimum Gasteiger partial charge on any atom is -0.497 e. The van der Waals surface area contributed by atoms with Crippen molar-refractivity contribution in [3.05, 3.63) is 83.9 Å². The number of carbonyl (C=O) groups is 1. The van der Waals surface area contributed by atoms with E-state index in [9.17, 15) is 13.2 Å². The van der Waals surface area contributed by atoms with Crippen LogP contribution in [0.4, 0.5) is 5.69 Å². The van der Waals surface area contributed by atoms with Crippen molar-refractivity contribution in [2.45, 2.75) is 18.4 Å². The van der Waals surface area contributed by atoms with Gasteiger partial charge in [-0.2, -0.15) is 0 Å². The van der Waals surface area contributed by atoms with Crippen molar-refractivity contribution < 1.29 is 22.7 Å². The zero-order valence-corrected chi connectivity index (χ0v) is 18.1. The molecule has 0 bridgehead atoms. The van der Waals surface area contributed by atoms with Crippen LogP contribution in [0.1, 0.15) is 11.1 Å². The average molecular weight is 441 g/mol. The maximum absolute atomic E-state index is 12.6. The van der Waals surface area contributed by atoms with Crippen LogP contribution in [0.15, 0.2) is 77.7 Å². The zero-order chi connectivity index (χ0) is 22.3. The average Bonchev–Trinajstić information content (AvgIpc) is 2.77. The Kier molecular flexibility index (Phi) is 7.15. The quantitative estimate of drug-likeness (QED) is 0.531. The van der Waals surface area contributed by atoms with Crippen LogP contribution in [0.3, 0.4) is 0 Å². The second-order valence-corrected chi connectivity index (χ2v) is 8.49. The first-order valence-electron chi connectivity index (χ1n) is 9.58. The smallest absolute Gasteiger partial charge is 0.261 e. The predicted octanol–water partition coefficient (Wildman–Crippen LogP) is 3.50. The van der Waals surface area contributed by atoms with Gasteiger partial charge in [-0.15, -0.1) is 0 Å². The van der Waals surface area contributed by atoms with Crippen molar-refractivity contribution in [1.29, 1.82) is 0 Å². The Labute approximate surface area is 182 Å². The standard InChI is InChI=1S/C23H24N2O5S/c1-17-14-21(31(27,28)25-19-6-4-3-5-7-19)12-13-22(17)30-16-23(26)24-15-18-8-10-20(29-2)11-9-18/h3-14,25H,15-16H2,1-2H3,(H,24,26). The number of anilines is 1. The number of sulfonamides is 1. The van der Waals surface area contributed by atoms with Crippen molar-refractivity contribution in [2.75, 3.05) is 18.4 Å². The van der Waals surface area contributed by atoms with Crippen LogP contribution in [0.5, 0.6) is 11.5 Å². The number of amides is 1. The summed E-state index contributed by atoms with van der Waals surface area (Å²) in [6.45, 7) is 1.92. The van der Waals surface area contributed by atoms with E-state index in [1.165, 1.54) is 12.1 Å². The molecule has 3 aromatic carbocycles. The number of ether oxygens (including phenoxy) is 2. The predicted molar refractivity (Wildman–Crippen MR) is 119 cm³/mol. The maximum Gasteiger partial charge on any atom is 0.261 e. The molecule has 0 radical (unpaired) electrons. The van der Waals surface area contributed by atoms with Crippen molar-refractivity contribution in [3.63, 3.8) is 0 Å². The number of rotatable bonds is 9. The Morgan fingerprint density at radius 3 is 2.32 bits per heavy atom. The lowest BCUT2D eigenvalue weighted by molar-refractivity contribution is -0.123. The van der Waals surface area contributed by atoms with Crippen LogP contribution in [0, 0.1) is 6.92 Å². The van der Waals surface area contributed by atoms with Gasteiger partial charge in [0, 0.05) is 12.2 Å². The van der Waals surface area contributed by atoms with Gasteiger partial charge in [0.25, 0.3) is 15.9 Å². The fourth-order valence-electron chi connectivity index (χ4n) is 2.81. The van der Waals surface area contributed by atoms with E-state index < -0.39 is 10.0 Å². The number of hydrogen-bond donors (Lipinski definition) is 2. The molecule has 0 unspecified atom stereocenters. The third-order valence-corrected chi connectivity index (χ3v) is 5.87. The van der Waals surface area contributed by atoms with Gasteiger partial charge < -0.3 is 14.8 Å². The highest BCUT2D eigenvalue weighted by molar-refractivity contribution is 7.92. The number of aryl methyl sites for hydroxylation is 1. The Balaban J connectivity index is 1.55. The molecule has 3 rings (SSSR count). The molecular formula is C23H24N2O5S. The van der Waals surface area contributed by atoms with Gasteiger partial charge in [-0.1, -0.05) is 30.3 Å². The van der Waals surface area contributed by atoms with Crippen molar-refractivity contribution >= 4 is 21.6 Å². The number of methoxy groups -OCH3 is 1. The lowest BCUT2D eigenvalue weighted by Gasteiger charge is -2.12. The van der Waals surface area contributed by atoms with Gasteiger partial charge in [0.15, 0.2) is 6.61 Å². The maximum atomic E-state index is 12.6. The Bertz CT molecular complexity index is 1130. The molecule has 0 saturated carbocycles. The van der Waals surface area contributed by atoms with Crippen LogP contribution in [-0.4, -0.2) is 28.0 Å². The molecule has 0 aliphatic heterocycles. The van der Waals surface area contributed by atoms with E-state index in [4.69, 9.17) is 9.47 Å². The van der Waals surface area contributed by atoms with Crippen LogP contribution < -0.4 is 19.5 Å². The molecule has 7 nitrogen and oxygen atoms in total. The third kappa shape index (κ3) is 6.23. The van der Waals surface area contributed by atoms with Gasteiger partial charge in [0.2, 0.25) is 0 Å². The molecule has 1 amide bonds. The van der Waals surface area contributed by atoms with E-state index in [-0.39, 0.29) is 17.4 Å². The monoisotopic (exact) mass is 440 g/mol. The van der Waals surface area contributed by atoms with Gasteiger partial charge >= 0.3 is 0 Å². The summed E-state index contributed by atoms with van der Waals surface area (Å²) in [6.07, 6.45) is 0. The molecule has 0 saturated heterocycles. The first-order chi connectivity index (χ1) is 14.9. The molecule has 31 heavy (non-hydrogen) atoms. The Hall–Kier alpha value is -3.52. The van der Waals surface area contributed by atoms with E-state index in [1.54, 1.807) is 50.4 Å². The Morgan fingerprint density at radius 1 is 0.968 bits per heavy atom. The molecule has 0 aliphatic rings. The number of carbonyl (C=O) groups excluding carboxylic acids is 1. The summed E-state index contributed by atoms with van der Waals surface area (Å²) < 4.78 is 38.3. The normalized spacial score (nSPS) is 10.9. The molecule has 8 heteroatoms. The molecule has 0 heterocycles. The molecule has 0 aromatic heterocycles. The first-order valence-corrected chi connectivity index (χ1v) is 11.1. The minimum absolute atomic E-state index is 0.116. The summed E-state index contributed by atoms with van der Waals surface area (Å²) in [6, 6.07) is 20.5. The zero-order valence-electron chi connectivity index (χ0n) is 17.3. The largest absolute Gasteiger partial charge is 0.497 e. The summed E-state index contributed by atoms with van der Waals surface area (Å²) in [5.41, 5.74) is 2.03. The lowest BCUT2D eigenvalue weighted by atomic mass is 10.2. The van der Waals surface area contributed by atoms with Gasteiger partial charge in [-0.05, 0) is 60.5 Å². The van der Waals surface area contributed by atoms with E-state index in [0.29, 0.717) is 23.5 Å². The van der Waals surface area contributed by atoms with E-state index in [2.05, 4.69) is 10.0 Å². The van der Waals surface area contributed by atoms with Crippen LogP contribution in [0.25, 0.3) is 0 Å². The molecule has 0 atom stereocenters. The van der Waals surface area contributed by atoms with Gasteiger partial charge in [-0.25, -0.2) is 8.42 Å². The van der Waals surface area contributed by atoms with Crippen molar-refractivity contribution in [1.82, 2.24) is 5.32 Å². The van der Waals surface area contributed by atoms with Crippen LogP contribution in [-0.2, 0) is 21.4 Å². The highest BCUT2D eigenvalue weighted by atomic mass is 32.2. The SMILES string of the molecule is COc1ccc(CNC(=O)COc2ccc(S(=O)(=O)Nc3ccccc3)cc2C)cc1. The van der Waals surface area contributed by atoms with Gasteiger partial charge in [-0.3, -0.25) is 9.52 Å². The molecule has 0 aliphatic carbocycles. The fourth-order valence-corrected chi connectivity index (χ4v) is 3.95. The van der Waals surface area contributed by atoms with E-state index in [1.807, 2.05) is 24.3 Å². The van der Waals surface area contributed by atoms with Crippen molar-refractivity contribution in [3.8, 4) is 11.5 Å². The third-order valence-electron chi connectivity index (χ3n) is 4.49. The van der Waals surface area contributed by atoms with Crippen LogP contribution in [0.2, 0.25) is 0 Å². The van der Waals surface area contributed by atoms with Crippen LogP contribution >= 0.6 is 0 Å². The second kappa shape index (κ2) is 9.99. The van der Waals surface area contributed by atoms with E-state index in [0.717, 1.165) is 11.3 Å². The molecule has 162 valence electrons. The highest BCUT2D eigenvalue weighted by Crippen LogP contribution is 2.23. The number of nitrogens with one attached hydrogen (secondary N) is 2. The van der Waals surface area contributed by atoms with E-state index >= 15 is 0 Å². The van der Waals surface area contributed by atoms with Crippen molar-refractivity contribution in [2.24, 2.45) is 0 Å². The second-order valence-electron chi connectivity index (χ2n) is 6.81. The summed E-state index contributed by atoms with van der Waals surface area (Å²) in [5.74, 6) is 0.911. The lowest BCUT2D eigenvalue weighted by Crippen LogP contribution is -2.28. The minimum atomic E-state index is -3.72. The van der Waals surface area contributed by atoms with Gasteiger partial charge in [0.05, 0.1) is 12.0 Å². The molecule has 2 N–H and O–H groups in total. The number of benzene rings is 3. The number of hydrogen-bond acceptors (Lipinski definition) is 5. The first kappa shape index (κ1) is 22.2. The highest BCUT2D eigenvalue weighted by Gasteiger charge is 2.16. The molecule has 0 spiro atoms. The van der Waals surface area contributed by atoms with Gasteiger partial charge in [0.1, 0.15) is 11.5 Å². The summed E-state index contributed by atoms with van der Waals surface area (Å²) >= 11 is 0. The molecule has 3 aromatic rings. The summed E-state index contributed by atoms with van der Waals surface area (Å²) in [5, 5.41) is 2.78. The summed E-state index contributed by atoms with van der Waals surface area (Å²) in [4.78, 5) is 12.2. The molecule has 0 fully saturated rings. The fraction of sp³-hybridized carbons (Fsp3) is 0.174. The molecular weight excluding hydrogens is 416 g/mol. The Morgan fingerprint density at radius 2 is 1.68 bits per heavy atom. The summed E-state index contributed by atoms with van der Waals surface area (Å²) in [7, 11) is -2.13. The topological polar surface area (TPSA) is 93.7 Å². The number of para-hydroxylation sites is 1.